The van der Waals surface area contributed by atoms with Crippen LogP contribution < -0.4 is 16.4 Å². The molecule has 0 radical (unpaired) electrons. The summed E-state index contributed by atoms with van der Waals surface area (Å²) in [6, 6.07) is -0.757. The fraction of sp³-hybridized carbons (Fsp3) is 0.818. The summed E-state index contributed by atoms with van der Waals surface area (Å²) in [5.74, 6) is -0.319. The summed E-state index contributed by atoms with van der Waals surface area (Å²) in [5.41, 5.74) is 4.95. The first-order valence-corrected chi connectivity index (χ1v) is 6.07. The van der Waals surface area contributed by atoms with E-state index < -0.39 is 6.03 Å². The van der Waals surface area contributed by atoms with E-state index in [2.05, 4.69) is 15.5 Å². The van der Waals surface area contributed by atoms with E-state index in [0.29, 0.717) is 6.04 Å². The van der Waals surface area contributed by atoms with Crippen LogP contribution >= 0.6 is 0 Å². The molecule has 1 aliphatic rings. The van der Waals surface area contributed by atoms with Gasteiger partial charge in [-0.2, -0.15) is 0 Å². The third-order valence-corrected chi connectivity index (χ3v) is 3.24. The molecule has 98 valence electrons. The van der Waals surface area contributed by atoms with E-state index in [1.165, 1.54) is 6.42 Å². The number of rotatable bonds is 4. The molecule has 0 bridgehead atoms. The summed E-state index contributed by atoms with van der Waals surface area (Å²) in [5, 5.41) is 5.28. The third-order valence-electron chi connectivity index (χ3n) is 3.24. The fourth-order valence-corrected chi connectivity index (χ4v) is 2.36. The summed E-state index contributed by atoms with van der Waals surface area (Å²) < 4.78 is 0. The molecule has 6 nitrogen and oxygen atoms in total. The van der Waals surface area contributed by atoms with E-state index in [9.17, 15) is 9.59 Å². The number of nitrogens with zero attached hydrogens (tertiary/aromatic N) is 1. The minimum Gasteiger partial charge on any atom is -0.351 e. The molecule has 0 aromatic heterocycles. The Kier molecular flexibility index (Phi) is 5.37. The van der Waals surface area contributed by atoms with Gasteiger partial charge in [-0.1, -0.05) is 6.42 Å². The maximum atomic E-state index is 11.7. The van der Waals surface area contributed by atoms with Crippen LogP contribution in [0.2, 0.25) is 0 Å². The van der Waals surface area contributed by atoms with Crippen molar-refractivity contribution < 1.29 is 9.59 Å². The predicted octanol–water partition coefficient (Wildman–Crippen LogP) is -0.356. The highest BCUT2D eigenvalue weighted by molar-refractivity contribution is 5.96. The van der Waals surface area contributed by atoms with Crippen molar-refractivity contribution in [1.29, 1.82) is 0 Å². The van der Waals surface area contributed by atoms with Crippen LogP contribution in [0, 0.1) is 0 Å². The summed E-state index contributed by atoms with van der Waals surface area (Å²) >= 11 is 0. The average Bonchev–Trinajstić information content (AvgIpc) is 2.28. The van der Waals surface area contributed by atoms with E-state index in [0.717, 1.165) is 25.9 Å². The SMILES string of the molecule is CNCC1CCCCN1C(C)C(=O)NC(N)=O. The number of likely N-dealkylation sites (N-methyl/N-ethyl adjacent to an activating group) is 1. The first-order chi connectivity index (χ1) is 8.06. The number of piperidine rings is 1. The number of likely N-dealkylation sites (tertiary alicyclic amines) is 1. The van der Waals surface area contributed by atoms with E-state index in [1.54, 1.807) is 0 Å². The second-order valence-corrected chi connectivity index (χ2v) is 4.47. The molecule has 17 heavy (non-hydrogen) atoms. The number of amides is 3. The number of hydrogen-bond donors (Lipinski definition) is 3. The van der Waals surface area contributed by atoms with Crippen molar-refractivity contribution in [2.75, 3.05) is 20.1 Å². The smallest absolute Gasteiger partial charge is 0.318 e. The van der Waals surface area contributed by atoms with Crippen LogP contribution in [0.3, 0.4) is 0 Å². The third kappa shape index (κ3) is 3.98. The number of urea groups is 1. The maximum absolute atomic E-state index is 11.7. The zero-order valence-electron chi connectivity index (χ0n) is 10.5. The van der Waals surface area contributed by atoms with Crippen LogP contribution in [0.5, 0.6) is 0 Å². The van der Waals surface area contributed by atoms with Gasteiger partial charge in [-0.15, -0.1) is 0 Å². The van der Waals surface area contributed by atoms with Crippen LogP contribution in [-0.2, 0) is 4.79 Å². The van der Waals surface area contributed by atoms with Gasteiger partial charge >= 0.3 is 6.03 Å². The molecule has 0 aliphatic carbocycles. The number of imide groups is 1. The van der Waals surface area contributed by atoms with Crippen molar-refractivity contribution in [1.82, 2.24) is 15.5 Å². The lowest BCUT2D eigenvalue weighted by Gasteiger charge is -2.38. The normalized spacial score (nSPS) is 23.1. The standard InChI is InChI=1S/C11H22N4O2/c1-8(10(16)14-11(12)17)15-6-4-3-5-9(15)7-13-2/h8-9,13H,3-7H2,1-2H3,(H3,12,14,16,17). The van der Waals surface area contributed by atoms with Gasteiger partial charge in [-0.3, -0.25) is 15.0 Å². The lowest BCUT2D eigenvalue weighted by Crippen LogP contribution is -2.55. The zero-order chi connectivity index (χ0) is 12.8. The van der Waals surface area contributed by atoms with Gasteiger partial charge < -0.3 is 11.1 Å². The Morgan fingerprint density at radius 3 is 2.76 bits per heavy atom. The topological polar surface area (TPSA) is 87.5 Å². The second kappa shape index (κ2) is 6.56. The van der Waals surface area contributed by atoms with E-state index in [4.69, 9.17) is 5.73 Å². The van der Waals surface area contributed by atoms with Crippen LogP contribution in [0.1, 0.15) is 26.2 Å². The lowest BCUT2D eigenvalue weighted by molar-refractivity contribution is -0.126. The Bertz CT molecular complexity index is 281. The monoisotopic (exact) mass is 242 g/mol. The summed E-state index contributed by atoms with van der Waals surface area (Å²) in [4.78, 5) is 24.5. The lowest BCUT2D eigenvalue weighted by atomic mass is 10.00. The van der Waals surface area contributed by atoms with Crippen molar-refractivity contribution in [3.63, 3.8) is 0 Å². The molecule has 4 N–H and O–H groups in total. The van der Waals surface area contributed by atoms with Crippen LogP contribution in [0.4, 0.5) is 4.79 Å². The second-order valence-electron chi connectivity index (χ2n) is 4.47. The first kappa shape index (κ1) is 13.9. The van der Waals surface area contributed by atoms with Gasteiger partial charge in [0.05, 0.1) is 6.04 Å². The van der Waals surface area contributed by atoms with Crippen molar-refractivity contribution in [2.45, 2.75) is 38.3 Å². The number of hydrogen-bond acceptors (Lipinski definition) is 4. The first-order valence-electron chi connectivity index (χ1n) is 6.07. The zero-order valence-corrected chi connectivity index (χ0v) is 10.5. The molecular weight excluding hydrogens is 220 g/mol. The number of nitrogens with two attached hydrogens (primary N) is 1. The average molecular weight is 242 g/mol. The quantitative estimate of drug-likeness (QED) is 0.628. The van der Waals surface area contributed by atoms with Crippen molar-refractivity contribution in [2.24, 2.45) is 5.73 Å². The Balaban J connectivity index is 2.60. The van der Waals surface area contributed by atoms with Crippen LogP contribution in [0.25, 0.3) is 0 Å². The molecule has 1 rings (SSSR count). The number of primary amides is 1. The van der Waals surface area contributed by atoms with Gasteiger partial charge in [0.25, 0.3) is 0 Å². The Morgan fingerprint density at radius 1 is 1.47 bits per heavy atom. The largest absolute Gasteiger partial charge is 0.351 e. The van der Waals surface area contributed by atoms with E-state index >= 15 is 0 Å². The van der Waals surface area contributed by atoms with Crippen molar-refractivity contribution >= 4 is 11.9 Å². The summed E-state index contributed by atoms with van der Waals surface area (Å²) in [6.45, 7) is 3.56. The Labute approximate surface area is 102 Å². The molecule has 6 heteroatoms. The van der Waals surface area contributed by atoms with Gasteiger partial charge in [-0.05, 0) is 33.4 Å². The highest BCUT2D eigenvalue weighted by atomic mass is 16.2. The Morgan fingerprint density at radius 2 is 2.18 bits per heavy atom. The van der Waals surface area contributed by atoms with Gasteiger partial charge in [-0.25, -0.2) is 4.79 Å². The molecule has 1 fully saturated rings. The molecule has 1 aliphatic heterocycles. The van der Waals surface area contributed by atoms with E-state index in [-0.39, 0.29) is 11.9 Å². The van der Waals surface area contributed by atoms with Gasteiger partial charge in [0.1, 0.15) is 0 Å². The fourth-order valence-electron chi connectivity index (χ4n) is 2.36. The van der Waals surface area contributed by atoms with Crippen LogP contribution in [0.15, 0.2) is 0 Å². The highest BCUT2D eigenvalue weighted by Gasteiger charge is 2.30. The van der Waals surface area contributed by atoms with Crippen LogP contribution in [-0.4, -0.2) is 49.1 Å². The number of carbonyl (C=O) groups is 2. The molecule has 0 aromatic carbocycles. The van der Waals surface area contributed by atoms with Crippen molar-refractivity contribution in [3.05, 3.63) is 0 Å². The molecule has 2 unspecified atom stereocenters. The van der Waals surface area contributed by atoms with E-state index in [1.807, 2.05) is 14.0 Å². The molecule has 0 spiro atoms. The summed E-state index contributed by atoms with van der Waals surface area (Å²) in [7, 11) is 1.90. The Hall–Kier alpha value is -1.14. The minimum atomic E-state index is -0.788. The number of nitrogens with one attached hydrogen (secondary N) is 2. The van der Waals surface area contributed by atoms with Gasteiger partial charge in [0.2, 0.25) is 5.91 Å². The molecule has 1 saturated heterocycles. The molecule has 0 aromatic rings. The maximum Gasteiger partial charge on any atom is 0.318 e. The predicted molar refractivity (Wildman–Crippen MR) is 65.5 cm³/mol. The molecule has 1 heterocycles. The number of carbonyl (C=O) groups excluding carboxylic acids is 2. The van der Waals surface area contributed by atoms with Gasteiger partial charge in [0, 0.05) is 12.6 Å². The molecule has 0 saturated carbocycles. The summed E-state index contributed by atoms with van der Waals surface area (Å²) in [6.07, 6.45) is 3.36. The molecule has 3 amide bonds. The minimum absolute atomic E-state index is 0.318. The van der Waals surface area contributed by atoms with Crippen molar-refractivity contribution in [3.8, 4) is 0 Å². The molecule has 2 atom stereocenters. The highest BCUT2D eigenvalue weighted by Crippen LogP contribution is 2.19. The molecular formula is C11H22N4O2. The van der Waals surface area contributed by atoms with Gasteiger partial charge in [0.15, 0.2) is 0 Å².